The SMILES string of the molecule is CC(C)CNC(=O)C(C)NC(=O)C1Cc2c([nH]c3ccccc23)C2c3ccccc3C(=O)N12. The lowest BCUT2D eigenvalue weighted by Gasteiger charge is -2.37. The van der Waals surface area contributed by atoms with Gasteiger partial charge in [-0.15, -0.1) is 0 Å². The first-order chi connectivity index (χ1) is 15.9. The molecule has 170 valence electrons. The summed E-state index contributed by atoms with van der Waals surface area (Å²) in [5, 5.41) is 6.76. The summed E-state index contributed by atoms with van der Waals surface area (Å²) in [5.41, 5.74) is 4.52. The van der Waals surface area contributed by atoms with Gasteiger partial charge in [0.25, 0.3) is 5.91 Å². The van der Waals surface area contributed by atoms with Crippen LogP contribution in [0.1, 0.15) is 54.0 Å². The maximum Gasteiger partial charge on any atom is 0.255 e. The third-order valence-corrected chi connectivity index (χ3v) is 6.59. The van der Waals surface area contributed by atoms with Crippen molar-refractivity contribution in [2.45, 2.75) is 45.3 Å². The molecule has 0 saturated heterocycles. The molecule has 3 amide bonds. The molecule has 3 unspecified atom stereocenters. The number of aromatic nitrogens is 1. The fourth-order valence-corrected chi connectivity index (χ4v) is 4.97. The summed E-state index contributed by atoms with van der Waals surface area (Å²) in [6, 6.07) is 13.8. The summed E-state index contributed by atoms with van der Waals surface area (Å²) in [5.74, 6) is -0.383. The molecule has 1 aromatic heterocycles. The number of benzene rings is 2. The number of aromatic amines is 1. The number of carbonyl (C=O) groups is 3. The summed E-state index contributed by atoms with van der Waals surface area (Å²) in [7, 11) is 0. The number of nitrogens with zero attached hydrogens (tertiary/aromatic N) is 1. The van der Waals surface area contributed by atoms with Gasteiger partial charge >= 0.3 is 0 Å². The molecule has 3 aromatic rings. The minimum atomic E-state index is -0.707. The first-order valence-electron chi connectivity index (χ1n) is 11.5. The highest BCUT2D eigenvalue weighted by atomic mass is 16.2. The molecule has 7 nitrogen and oxygen atoms in total. The second-order valence-electron chi connectivity index (χ2n) is 9.35. The van der Waals surface area contributed by atoms with Gasteiger partial charge in [-0.3, -0.25) is 14.4 Å². The van der Waals surface area contributed by atoms with Gasteiger partial charge in [0.1, 0.15) is 12.1 Å². The van der Waals surface area contributed by atoms with E-state index in [0.29, 0.717) is 24.4 Å². The number of hydrogen-bond acceptors (Lipinski definition) is 3. The predicted octanol–water partition coefficient (Wildman–Crippen LogP) is 2.91. The van der Waals surface area contributed by atoms with Gasteiger partial charge in [0.05, 0.1) is 6.04 Å². The highest BCUT2D eigenvalue weighted by Crippen LogP contribution is 2.46. The number of rotatable bonds is 5. The van der Waals surface area contributed by atoms with Gasteiger partial charge in [-0.2, -0.15) is 0 Å². The van der Waals surface area contributed by atoms with Crippen LogP contribution in [0, 0.1) is 5.92 Å². The highest BCUT2D eigenvalue weighted by molar-refractivity contribution is 6.04. The minimum absolute atomic E-state index is 0.156. The van der Waals surface area contributed by atoms with Crippen molar-refractivity contribution in [2.75, 3.05) is 6.54 Å². The van der Waals surface area contributed by atoms with Crippen molar-refractivity contribution in [3.63, 3.8) is 0 Å². The fourth-order valence-electron chi connectivity index (χ4n) is 4.97. The molecule has 0 saturated carbocycles. The summed E-state index contributed by atoms with van der Waals surface area (Å²) < 4.78 is 0. The third-order valence-electron chi connectivity index (χ3n) is 6.59. The monoisotopic (exact) mass is 444 g/mol. The van der Waals surface area contributed by atoms with E-state index in [2.05, 4.69) is 15.6 Å². The van der Waals surface area contributed by atoms with E-state index >= 15 is 0 Å². The molecule has 0 fully saturated rings. The summed E-state index contributed by atoms with van der Waals surface area (Å²) in [4.78, 5) is 44.5. The molecule has 33 heavy (non-hydrogen) atoms. The Morgan fingerprint density at radius 3 is 2.61 bits per heavy atom. The van der Waals surface area contributed by atoms with Gasteiger partial charge in [0.15, 0.2) is 0 Å². The molecule has 2 aromatic carbocycles. The maximum atomic E-state index is 13.5. The van der Waals surface area contributed by atoms with E-state index in [-0.39, 0.29) is 23.8 Å². The van der Waals surface area contributed by atoms with Crippen molar-refractivity contribution < 1.29 is 14.4 Å². The third kappa shape index (κ3) is 3.48. The molecule has 0 spiro atoms. The number of carbonyl (C=O) groups excluding carboxylic acids is 3. The Labute approximate surface area is 192 Å². The molecule has 3 heterocycles. The van der Waals surface area contributed by atoms with E-state index in [1.54, 1.807) is 11.8 Å². The van der Waals surface area contributed by atoms with E-state index in [0.717, 1.165) is 27.7 Å². The van der Waals surface area contributed by atoms with Gasteiger partial charge in [-0.25, -0.2) is 0 Å². The molecule has 0 bridgehead atoms. The Kier molecular flexibility index (Phi) is 5.19. The average molecular weight is 445 g/mol. The number of hydrogen-bond donors (Lipinski definition) is 3. The van der Waals surface area contributed by atoms with E-state index < -0.39 is 12.1 Å². The van der Waals surface area contributed by atoms with Crippen molar-refractivity contribution in [3.8, 4) is 0 Å². The van der Waals surface area contributed by atoms with Crippen molar-refractivity contribution in [2.24, 2.45) is 5.92 Å². The normalized spacial score (nSPS) is 19.8. The number of para-hydroxylation sites is 1. The second-order valence-corrected chi connectivity index (χ2v) is 9.35. The smallest absolute Gasteiger partial charge is 0.255 e. The lowest BCUT2D eigenvalue weighted by atomic mass is 9.90. The molecule has 2 aliphatic rings. The molecule has 3 atom stereocenters. The Morgan fingerprint density at radius 2 is 1.82 bits per heavy atom. The lowest BCUT2D eigenvalue weighted by molar-refractivity contribution is -0.131. The topological polar surface area (TPSA) is 94.3 Å². The fraction of sp³-hybridized carbons (Fsp3) is 0.346. The second kappa shape index (κ2) is 8.06. The van der Waals surface area contributed by atoms with Gasteiger partial charge in [0.2, 0.25) is 11.8 Å². The quantitative estimate of drug-likeness (QED) is 0.565. The first kappa shape index (κ1) is 21.2. The van der Waals surface area contributed by atoms with Gasteiger partial charge in [-0.05, 0) is 36.1 Å². The Balaban J connectivity index is 1.51. The van der Waals surface area contributed by atoms with Crippen molar-refractivity contribution in [3.05, 3.63) is 70.9 Å². The molecular weight excluding hydrogens is 416 g/mol. The predicted molar refractivity (Wildman–Crippen MR) is 126 cm³/mol. The zero-order valence-corrected chi connectivity index (χ0v) is 19.0. The van der Waals surface area contributed by atoms with Crippen LogP contribution in [-0.2, 0) is 16.0 Å². The van der Waals surface area contributed by atoms with Crippen LogP contribution in [0.25, 0.3) is 10.9 Å². The average Bonchev–Trinajstić information content (AvgIpc) is 3.32. The molecular formula is C26H28N4O3. The molecule has 7 heteroatoms. The Hall–Kier alpha value is -3.61. The maximum absolute atomic E-state index is 13.5. The number of fused-ring (bicyclic) bond motifs is 7. The number of H-pyrrole nitrogens is 1. The van der Waals surface area contributed by atoms with Crippen LogP contribution < -0.4 is 10.6 Å². The largest absolute Gasteiger partial charge is 0.356 e. The Morgan fingerprint density at radius 1 is 1.09 bits per heavy atom. The Bertz CT molecular complexity index is 1260. The van der Waals surface area contributed by atoms with Crippen molar-refractivity contribution in [1.82, 2.24) is 20.5 Å². The van der Waals surface area contributed by atoms with Crippen LogP contribution in [0.5, 0.6) is 0 Å². The minimum Gasteiger partial charge on any atom is -0.356 e. The molecule has 2 aliphatic heterocycles. The molecule has 5 rings (SSSR count). The van der Waals surface area contributed by atoms with Gasteiger partial charge < -0.3 is 20.5 Å². The standard InChI is InChI=1S/C26H28N4O3/c1-14(2)13-27-24(31)15(3)28-25(32)21-12-19-16-8-6-7-11-20(16)29-22(19)23-17-9-4-5-10-18(17)26(33)30(21)23/h4-11,14-15,21,23,29H,12-13H2,1-3H3,(H,27,31)(H,28,32). The zero-order valence-electron chi connectivity index (χ0n) is 19.0. The van der Waals surface area contributed by atoms with Gasteiger partial charge in [-0.1, -0.05) is 50.2 Å². The van der Waals surface area contributed by atoms with Crippen molar-refractivity contribution >= 4 is 28.6 Å². The summed E-state index contributed by atoms with van der Waals surface area (Å²) in [6.45, 7) is 6.25. The van der Waals surface area contributed by atoms with E-state index in [9.17, 15) is 14.4 Å². The van der Waals surface area contributed by atoms with E-state index in [1.165, 1.54) is 0 Å². The number of nitrogens with one attached hydrogen (secondary N) is 3. The van der Waals surface area contributed by atoms with Crippen LogP contribution in [0.3, 0.4) is 0 Å². The lowest BCUT2D eigenvalue weighted by Crippen LogP contribution is -2.56. The van der Waals surface area contributed by atoms with Crippen LogP contribution in [0.15, 0.2) is 48.5 Å². The summed E-state index contributed by atoms with van der Waals surface area (Å²) >= 11 is 0. The van der Waals surface area contributed by atoms with Crippen LogP contribution in [-0.4, -0.2) is 46.2 Å². The van der Waals surface area contributed by atoms with Crippen molar-refractivity contribution in [1.29, 1.82) is 0 Å². The van der Waals surface area contributed by atoms with Gasteiger partial charge in [0, 0.05) is 35.1 Å². The van der Waals surface area contributed by atoms with Crippen LogP contribution >= 0.6 is 0 Å². The summed E-state index contributed by atoms with van der Waals surface area (Å²) in [6.07, 6.45) is 0.391. The molecule has 0 aliphatic carbocycles. The first-order valence-corrected chi connectivity index (χ1v) is 11.5. The molecule has 0 radical (unpaired) electrons. The van der Waals surface area contributed by atoms with E-state index in [4.69, 9.17) is 0 Å². The number of amides is 3. The van der Waals surface area contributed by atoms with Crippen LogP contribution in [0.2, 0.25) is 0 Å². The van der Waals surface area contributed by atoms with E-state index in [1.807, 2.05) is 62.4 Å². The van der Waals surface area contributed by atoms with Crippen LogP contribution in [0.4, 0.5) is 0 Å². The highest BCUT2D eigenvalue weighted by Gasteiger charge is 2.49. The zero-order chi connectivity index (χ0) is 23.3. The molecule has 3 N–H and O–H groups in total.